The van der Waals surface area contributed by atoms with E-state index in [1.807, 2.05) is 0 Å². The lowest BCUT2D eigenvalue weighted by Gasteiger charge is -2.73. The van der Waals surface area contributed by atoms with E-state index in [9.17, 15) is 14.4 Å². The van der Waals surface area contributed by atoms with Crippen molar-refractivity contribution in [2.75, 3.05) is 6.61 Å². The molecule has 0 radical (unpaired) electrons. The molecule has 0 aromatic carbocycles. The second-order valence-corrected chi connectivity index (χ2v) is 16.6. The molecule has 0 spiro atoms. The fourth-order valence-corrected chi connectivity index (χ4v) is 12.4. The van der Waals surface area contributed by atoms with Crippen molar-refractivity contribution in [3.05, 3.63) is 12.2 Å². The van der Waals surface area contributed by atoms with Crippen molar-refractivity contribution in [3.8, 4) is 0 Å². The van der Waals surface area contributed by atoms with Crippen molar-refractivity contribution in [3.63, 3.8) is 0 Å². The number of carboxylic acids is 1. The average Bonchev–Trinajstić information content (AvgIpc) is 3.29. The number of aliphatic carboxylic acids is 1. The fourth-order valence-electron chi connectivity index (χ4n) is 12.4. The minimum atomic E-state index is -0.961. The number of ether oxygens (including phenoxy) is 2. The molecular formula is C36H56O6. The molecule has 10 atom stereocenters. The summed E-state index contributed by atoms with van der Waals surface area (Å²) in [4.78, 5) is 35.5. The molecule has 5 rings (SSSR count). The normalized spacial score (nSPS) is 45.4. The molecule has 5 aliphatic carbocycles. The van der Waals surface area contributed by atoms with Gasteiger partial charge < -0.3 is 14.6 Å². The van der Waals surface area contributed by atoms with Crippen LogP contribution in [0.2, 0.25) is 0 Å². The topological polar surface area (TPSA) is 89.9 Å². The Balaban J connectivity index is 1.42. The SMILES string of the molecule is C=C(C)[C@@H]1CC[C@]2(COC(C)=O)CC[C@]3(C)[C@H](CC[C@@H]4[C@@]5(C)CC[C@H](OC(=O)CCC(=O)O)C(C)(C)[C@H]5CC[C@]43C)[C@@H]12. The van der Waals surface area contributed by atoms with Crippen LogP contribution >= 0.6 is 0 Å². The highest BCUT2D eigenvalue weighted by atomic mass is 16.5. The zero-order valence-electron chi connectivity index (χ0n) is 27.4. The summed E-state index contributed by atoms with van der Waals surface area (Å²) >= 11 is 0. The van der Waals surface area contributed by atoms with E-state index < -0.39 is 5.97 Å². The smallest absolute Gasteiger partial charge is 0.306 e. The fraction of sp³-hybridized carbons (Fsp3) is 0.861. The number of rotatable bonds is 7. The number of allylic oxidation sites excluding steroid dienone is 1. The molecule has 0 unspecified atom stereocenters. The van der Waals surface area contributed by atoms with Crippen molar-refractivity contribution in [1.29, 1.82) is 0 Å². The molecule has 0 bridgehead atoms. The van der Waals surface area contributed by atoms with Gasteiger partial charge in [-0.05, 0) is 117 Å². The molecule has 236 valence electrons. The summed E-state index contributed by atoms with van der Waals surface area (Å²) < 4.78 is 11.8. The standard InChI is InChI=1S/C36H56O6/c1-22(2)24-13-18-36(21-41-23(3)37)20-19-34(7)25(31(24)36)9-10-27-33(6)16-15-28(42-30(40)12-11-29(38)39)32(4,5)26(33)14-17-35(27,34)8/h24-28,31H,1,9-21H2,2-8H3,(H,38,39)/t24-,25+,26+,27+,28-,31+,33-,34+,35+,36+/m0/s1. The van der Waals surface area contributed by atoms with Crippen molar-refractivity contribution in [2.45, 2.75) is 132 Å². The Kier molecular flexibility index (Phi) is 8.00. The average molecular weight is 585 g/mol. The summed E-state index contributed by atoms with van der Waals surface area (Å²) in [5.41, 5.74) is 1.83. The van der Waals surface area contributed by atoms with Crippen LogP contribution in [0.15, 0.2) is 12.2 Å². The molecule has 0 amide bonds. The Morgan fingerprint density at radius 2 is 1.52 bits per heavy atom. The van der Waals surface area contributed by atoms with Gasteiger partial charge in [-0.2, -0.15) is 0 Å². The molecule has 5 saturated carbocycles. The molecule has 42 heavy (non-hydrogen) atoms. The number of carbonyl (C=O) groups is 3. The van der Waals surface area contributed by atoms with E-state index >= 15 is 0 Å². The predicted octanol–water partition coefficient (Wildman–Crippen LogP) is 7.98. The quantitative estimate of drug-likeness (QED) is 0.241. The molecule has 5 aliphatic rings. The molecular weight excluding hydrogens is 528 g/mol. The van der Waals surface area contributed by atoms with Crippen LogP contribution in [0.5, 0.6) is 0 Å². The van der Waals surface area contributed by atoms with Gasteiger partial charge in [0.25, 0.3) is 0 Å². The van der Waals surface area contributed by atoms with Crippen molar-refractivity contribution < 1.29 is 29.0 Å². The molecule has 0 aromatic rings. The lowest BCUT2D eigenvalue weighted by molar-refractivity contribution is -0.252. The third kappa shape index (κ3) is 4.67. The third-order valence-corrected chi connectivity index (χ3v) is 14.6. The second-order valence-electron chi connectivity index (χ2n) is 16.6. The minimum absolute atomic E-state index is 0.0599. The van der Waals surface area contributed by atoms with E-state index in [1.54, 1.807) is 6.92 Å². The lowest BCUT2D eigenvalue weighted by Crippen LogP contribution is -2.67. The lowest BCUT2D eigenvalue weighted by atomic mass is 9.32. The number of carbonyl (C=O) groups excluding carboxylic acids is 2. The summed E-state index contributed by atoms with van der Waals surface area (Å²) in [6.45, 7) is 21.2. The highest BCUT2D eigenvalue weighted by Crippen LogP contribution is 2.77. The Morgan fingerprint density at radius 1 is 0.810 bits per heavy atom. The Bertz CT molecular complexity index is 1130. The zero-order chi connectivity index (χ0) is 30.9. The van der Waals surface area contributed by atoms with Gasteiger partial charge in [0, 0.05) is 17.8 Å². The molecule has 0 heterocycles. The predicted molar refractivity (Wildman–Crippen MR) is 162 cm³/mol. The van der Waals surface area contributed by atoms with Gasteiger partial charge in [-0.1, -0.05) is 46.8 Å². The van der Waals surface area contributed by atoms with Gasteiger partial charge in [-0.25, -0.2) is 0 Å². The number of hydrogen-bond donors (Lipinski definition) is 1. The van der Waals surface area contributed by atoms with E-state index in [2.05, 4.69) is 48.1 Å². The monoisotopic (exact) mass is 584 g/mol. The van der Waals surface area contributed by atoms with Crippen LogP contribution in [0.3, 0.4) is 0 Å². The van der Waals surface area contributed by atoms with Crippen LogP contribution in [0.4, 0.5) is 0 Å². The van der Waals surface area contributed by atoms with Gasteiger partial charge in [0.1, 0.15) is 6.10 Å². The molecule has 1 N–H and O–H groups in total. The van der Waals surface area contributed by atoms with Gasteiger partial charge in [-0.15, -0.1) is 0 Å². The highest BCUT2D eigenvalue weighted by Gasteiger charge is 2.71. The minimum Gasteiger partial charge on any atom is -0.481 e. The van der Waals surface area contributed by atoms with Gasteiger partial charge in [0.15, 0.2) is 0 Å². The Labute approximate surface area is 253 Å². The summed E-state index contributed by atoms with van der Waals surface area (Å²) in [5.74, 6) is 1.19. The first-order chi connectivity index (χ1) is 19.5. The number of fused-ring (bicyclic) bond motifs is 7. The van der Waals surface area contributed by atoms with E-state index in [-0.39, 0.29) is 58.0 Å². The summed E-state index contributed by atoms with van der Waals surface area (Å²) in [5, 5.41) is 9.02. The maximum atomic E-state index is 12.6. The van der Waals surface area contributed by atoms with Crippen LogP contribution in [0.1, 0.15) is 126 Å². The Hall–Kier alpha value is -1.85. The Morgan fingerprint density at radius 3 is 2.17 bits per heavy atom. The van der Waals surface area contributed by atoms with E-state index in [0.29, 0.717) is 36.2 Å². The number of hydrogen-bond acceptors (Lipinski definition) is 5. The van der Waals surface area contributed by atoms with Crippen LogP contribution in [0, 0.1) is 56.7 Å². The molecule has 6 heteroatoms. The van der Waals surface area contributed by atoms with Gasteiger partial charge in [0.2, 0.25) is 0 Å². The summed E-state index contributed by atoms with van der Waals surface area (Å²) in [6, 6.07) is 0. The summed E-state index contributed by atoms with van der Waals surface area (Å²) in [7, 11) is 0. The molecule has 0 saturated heterocycles. The molecule has 5 fully saturated rings. The maximum absolute atomic E-state index is 12.6. The van der Waals surface area contributed by atoms with E-state index in [0.717, 1.165) is 38.5 Å². The van der Waals surface area contributed by atoms with Crippen molar-refractivity contribution in [1.82, 2.24) is 0 Å². The van der Waals surface area contributed by atoms with Gasteiger partial charge >= 0.3 is 17.9 Å². The molecule has 0 aromatic heterocycles. The first-order valence-corrected chi connectivity index (χ1v) is 16.7. The second kappa shape index (κ2) is 10.6. The van der Waals surface area contributed by atoms with Crippen molar-refractivity contribution in [2.24, 2.45) is 56.7 Å². The van der Waals surface area contributed by atoms with Gasteiger partial charge in [-0.3, -0.25) is 14.4 Å². The van der Waals surface area contributed by atoms with E-state index in [4.69, 9.17) is 14.6 Å². The summed E-state index contributed by atoms with van der Waals surface area (Å²) in [6.07, 6.45) is 10.9. The number of esters is 2. The largest absolute Gasteiger partial charge is 0.481 e. The first-order valence-electron chi connectivity index (χ1n) is 16.7. The zero-order valence-corrected chi connectivity index (χ0v) is 27.4. The van der Waals surface area contributed by atoms with Crippen LogP contribution in [0.25, 0.3) is 0 Å². The van der Waals surface area contributed by atoms with Crippen LogP contribution < -0.4 is 0 Å². The van der Waals surface area contributed by atoms with E-state index in [1.165, 1.54) is 31.3 Å². The molecule has 6 nitrogen and oxygen atoms in total. The van der Waals surface area contributed by atoms with Gasteiger partial charge in [0.05, 0.1) is 19.4 Å². The maximum Gasteiger partial charge on any atom is 0.306 e. The third-order valence-electron chi connectivity index (χ3n) is 14.6. The first kappa shape index (κ1) is 31.6. The van der Waals surface area contributed by atoms with Crippen molar-refractivity contribution >= 4 is 17.9 Å². The van der Waals surface area contributed by atoms with Crippen LogP contribution in [-0.2, 0) is 23.9 Å². The van der Waals surface area contributed by atoms with Crippen LogP contribution in [-0.4, -0.2) is 35.7 Å². The highest BCUT2D eigenvalue weighted by molar-refractivity contribution is 5.76. The number of carboxylic acid groups (broad SMARTS) is 1. The molecule has 0 aliphatic heterocycles.